The second kappa shape index (κ2) is 7.87. The first-order chi connectivity index (χ1) is 15.0. The average Bonchev–Trinajstić information content (AvgIpc) is 3.36. The van der Waals surface area contributed by atoms with Gasteiger partial charge in [0.2, 0.25) is 0 Å². The second-order valence-corrected chi connectivity index (χ2v) is 7.90. The van der Waals surface area contributed by atoms with Gasteiger partial charge in [-0.15, -0.1) is 0 Å². The summed E-state index contributed by atoms with van der Waals surface area (Å²) in [7, 11) is 0. The van der Waals surface area contributed by atoms with Gasteiger partial charge in [-0.05, 0) is 60.4 Å². The van der Waals surface area contributed by atoms with Crippen molar-refractivity contribution in [3.8, 4) is 11.1 Å². The summed E-state index contributed by atoms with van der Waals surface area (Å²) in [5.74, 6) is -1.49. The van der Waals surface area contributed by atoms with Crippen LogP contribution in [-0.4, -0.2) is 23.1 Å². The quantitative estimate of drug-likeness (QED) is 0.537. The molecule has 2 aliphatic heterocycles. The second-order valence-electron chi connectivity index (χ2n) is 7.51. The Hall–Kier alpha value is -3.09. The lowest BCUT2D eigenvalue weighted by molar-refractivity contribution is -0.113. The number of ether oxygens (including phenoxy) is 1. The van der Waals surface area contributed by atoms with Crippen LogP contribution >= 0.6 is 11.6 Å². The summed E-state index contributed by atoms with van der Waals surface area (Å²) in [5.41, 5.74) is 2.69. The Labute approximate surface area is 182 Å². The minimum Gasteiger partial charge on any atom is -0.365 e. The van der Waals surface area contributed by atoms with E-state index in [-0.39, 0.29) is 34.9 Å². The van der Waals surface area contributed by atoms with Gasteiger partial charge in [-0.2, -0.15) is 0 Å². The maximum absolute atomic E-state index is 14.7. The van der Waals surface area contributed by atoms with Crippen molar-refractivity contribution in [1.29, 1.82) is 0 Å². The highest BCUT2D eigenvalue weighted by molar-refractivity contribution is 6.29. The molecule has 0 saturated carbocycles. The summed E-state index contributed by atoms with van der Waals surface area (Å²) < 4.78 is 34.7. The van der Waals surface area contributed by atoms with Crippen LogP contribution in [0.15, 0.2) is 66.4 Å². The molecule has 31 heavy (non-hydrogen) atoms. The summed E-state index contributed by atoms with van der Waals surface area (Å²) in [6.07, 6.45) is 2.67. The van der Waals surface area contributed by atoms with Crippen LogP contribution in [0.4, 0.5) is 14.5 Å². The van der Waals surface area contributed by atoms with Gasteiger partial charge in [-0.25, -0.2) is 13.8 Å². The first-order valence-electron chi connectivity index (χ1n) is 9.88. The highest BCUT2D eigenvalue weighted by Gasteiger charge is 2.43. The number of rotatable bonds is 4. The lowest BCUT2D eigenvalue weighted by atomic mass is 9.87. The third kappa shape index (κ3) is 3.62. The fourth-order valence-electron chi connectivity index (χ4n) is 4.28. The third-order valence-corrected chi connectivity index (χ3v) is 5.83. The normalized spacial score (nSPS) is 19.7. The number of pyridine rings is 1. The summed E-state index contributed by atoms with van der Waals surface area (Å²) in [6.45, 7) is 0. The number of carbonyl (C=O) groups is 1. The average molecular weight is 439 g/mol. The molecule has 2 aliphatic rings. The molecule has 2 aromatic carbocycles. The molecule has 1 saturated heterocycles. The van der Waals surface area contributed by atoms with E-state index >= 15 is 0 Å². The first kappa shape index (κ1) is 19.8. The van der Waals surface area contributed by atoms with Crippen LogP contribution in [0.2, 0.25) is 5.15 Å². The Balaban J connectivity index is 1.46. The number of aromatic nitrogens is 1. The molecular weight excluding hydrogens is 422 g/mol. The van der Waals surface area contributed by atoms with Crippen molar-refractivity contribution >= 4 is 28.8 Å². The molecule has 1 aromatic heterocycles. The zero-order chi connectivity index (χ0) is 21.5. The maximum Gasteiger partial charge on any atom is 0.254 e. The number of amides is 1. The molecule has 3 heterocycles. The fraction of sp³-hybridized carbons (Fsp3) is 0.167. The summed E-state index contributed by atoms with van der Waals surface area (Å²) in [4.78, 5) is 17.1. The SMILES string of the molecule is O=C(Nc1ccc(-c2ccccc2F)c(F)c1)C1=C(c2ccnc(Cl)c2)C2CCC1O2. The van der Waals surface area contributed by atoms with Crippen LogP contribution in [0, 0.1) is 11.6 Å². The zero-order valence-electron chi connectivity index (χ0n) is 16.2. The van der Waals surface area contributed by atoms with Crippen molar-refractivity contribution in [2.45, 2.75) is 25.0 Å². The number of fused-ring (bicyclic) bond motifs is 2. The molecule has 2 unspecified atom stereocenters. The van der Waals surface area contributed by atoms with Gasteiger partial charge in [0.25, 0.3) is 5.91 Å². The molecule has 156 valence electrons. The van der Waals surface area contributed by atoms with Gasteiger partial charge in [0.1, 0.15) is 16.8 Å². The Morgan fingerprint density at radius 1 is 1.00 bits per heavy atom. The van der Waals surface area contributed by atoms with E-state index < -0.39 is 11.6 Å². The van der Waals surface area contributed by atoms with Crippen molar-refractivity contribution in [2.24, 2.45) is 0 Å². The van der Waals surface area contributed by atoms with Crippen LogP contribution < -0.4 is 5.32 Å². The topological polar surface area (TPSA) is 51.2 Å². The predicted octanol–water partition coefficient (Wildman–Crippen LogP) is 5.63. The van der Waals surface area contributed by atoms with E-state index in [2.05, 4.69) is 10.3 Å². The Morgan fingerprint density at radius 3 is 2.55 bits per heavy atom. The monoisotopic (exact) mass is 438 g/mol. The molecule has 1 amide bonds. The standard InChI is InChI=1S/C24H17ClF2N2O2/c25-21-11-13(9-10-28-21)22-19-7-8-20(31-19)23(22)24(30)29-14-5-6-16(18(27)12-14)15-3-1-2-4-17(15)26/h1-6,9-12,19-20H,7-8H2,(H,29,30). The lowest BCUT2D eigenvalue weighted by Gasteiger charge is -2.17. The molecule has 0 spiro atoms. The number of hydrogen-bond acceptors (Lipinski definition) is 3. The van der Waals surface area contributed by atoms with Crippen LogP contribution in [0.1, 0.15) is 18.4 Å². The van der Waals surface area contributed by atoms with Crippen molar-refractivity contribution in [1.82, 2.24) is 4.98 Å². The molecule has 0 aliphatic carbocycles. The van der Waals surface area contributed by atoms with Crippen molar-refractivity contribution < 1.29 is 18.3 Å². The minimum atomic E-state index is -0.623. The molecule has 2 bridgehead atoms. The molecule has 5 rings (SSSR count). The molecule has 1 fully saturated rings. The van der Waals surface area contributed by atoms with Gasteiger partial charge in [0, 0.05) is 23.0 Å². The molecular formula is C24H17ClF2N2O2. The van der Waals surface area contributed by atoms with E-state index in [9.17, 15) is 13.6 Å². The van der Waals surface area contributed by atoms with Gasteiger partial charge >= 0.3 is 0 Å². The van der Waals surface area contributed by atoms with Gasteiger partial charge < -0.3 is 10.1 Å². The number of anilines is 1. The minimum absolute atomic E-state index is 0.130. The summed E-state index contributed by atoms with van der Waals surface area (Å²) >= 11 is 6.03. The molecule has 2 atom stereocenters. The smallest absolute Gasteiger partial charge is 0.254 e. The van der Waals surface area contributed by atoms with Crippen molar-refractivity contribution in [2.75, 3.05) is 5.32 Å². The Bertz CT molecular complexity index is 1230. The Morgan fingerprint density at radius 2 is 1.77 bits per heavy atom. The number of nitrogens with zero attached hydrogens (tertiary/aromatic N) is 1. The van der Waals surface area contributed by atoms with Crippen LogP contribution in [-0.2, 0) is 9.53 Å². The van der Waals surface area contributed by atoms with E-state index in [1.807, 2.05) is 0 Å². The third-order valence-electron chi connectivity index (χ3n) is 5.63. The molecule has 3 aromatic rings. The summed E-state index contributed by atoms with van der Waals surface area (Å²) in [5, 5.41) is 3.09. The number of hydrogen-bond donors (Lipinski definition) is 1. The molecule has 7 heteroatoms. The van der Waals surface area contributed by atoms with Gasteiger partial charge in [0.05, 0.1) is 17.8 Å². The van der Waals surface area contributed by atoms with Crippen LogP contribution in [0.5, 0.6) is 0 Å². The first-order valence-corrected chi connectivity index (χ1v) is 10.3. The molecule has 1 N–H and O–H groups in total. The van der Waals surface area contributed by atoms with Gasteiger partial charge in [-0.1, -0.05) is 29.8 Å². The van der Waals surface area contributed by atoms with E-state index in [1.165, 1.54) is 24.3 Å². The van der Waals surface area contributed by atoms with Gasteiger partial charge in [-0.3, -0.25) is 4.79 Å². The molecule has 0 radical (unpaired) electrons. The lowest BCUT2D eigenvalue weighted by Crippen LogP contribution is -2.23. The van der Waals surface area contributed by atoms with E-state index in [0.29, 0.717) is 10.7 Å². The van der Waals surface area contributed by atoms with E-state index in [0.717, 1.165) is 24.0 Å². The summed E-state index contributed by atoms with van der Waals surface area (Å²) in [6, 6.07) is 13.7. The number of benzene rings is 2. The van der Waals surface area contributed by atoms with E-state index in [1.54, 1.807) is 36.5 Å². The fourth-order valence-corrected chi connectivity index (χ4v) is 4.45. The number of carbonyl (C=O) groups excluding carboxylic acids is 1. The van der Waals surface area contributed by atoms with Gasteiger partial charge in [0.15, 0.2) is 0 Å². The highest BCUT2D eigenvalue weighted by Crippen LogP contribution is 2.44. The van der Waals surface area contributed by atoms with E-state index in [4.69, 9.17) is 16.3 Å². The number of halogens is 3. The molecule has 4 nitrogen and oxygen atoms in total. The highest BCUT2D eigenvalue weighted by atomic mass is 35.5. The van der Waals surface area contributed by atoms with Crippen molar-refractivity contribution in [3.05, 3.63) is 88.7 Å². The zero-order valence-corrected chi connectivity index (χ0v) is 17.0. The Kier molecular flexibility index (Phi) is 5.04. The largest absolute Gasteiger partial charge is 0.365 e. The maximum atomic E-state index is 14.7. The van der Waals surface area contributed by atoms with Crippen LogP contribution in [0.3, 0.4) is 0 Å². The van der Waals surface area contributed by atoms with Crippen molar-refractivity contribution in [3.63, 3.8) is 0 Å². The predicted molar refractivity (Wildman–Crippen MR) is 114 cm³/mol. The number of nitrogens with one attached hydrogen (secondary N) is 1. The van der Waals surface area contributed by atoms with Crippen LogP contribution in [0.25, 0.3) is 16.7 Å².